The van der Waals surface area contributed by atoms with Crippen LogP contribution in [0.3, 0.4) is 0 Å². The highest BCUT2D eigenvalue weighted by Crippen LogP contribution is 2.21. The number of nitrogens with two attached hydrogens (primary N) is 1. The lowest BCUT2D eigenvalue weighted by atomic mass is 9.90. The van der Waals surface area contributed by atoms with E-state index < -0.39 is 5.54 Å². The summed E-state index contributed by atoms with van der Waals surface area (Å²) in [5.41, 5.74) is 6.09. The predicted molar refractivity (Wildman–Crippen MR) is 67.2 cm³/mol. The molecule has 1 aliphatic heterocycles. The third-order valence-electron chi connectivity index (χ3n) is 2.62. The van der Waals surface area contributed by atoms with Crippen molar-refractivity contribution in [2.45, 2.75) is 18.4 Å². The Hall–Kier alpha value is -0.620. The van der Waals surface area contributed by atoms with E-state index in [9.17, 15) is 4.79 Å². The van der Waals surface area contributed by atoms with Gasteiger partial charge < -0.3 is 15.8 Å². The molecule has 1 aromatic rings. The van der Waals surface area contributed by atoms with Crippen molar-refractivity contribution >= 4 is 35.3 Å². The van der Waals surface area contributed by atoms with Crippen molar-refractivity contribution in [1.29, 1.82) is 0 Å². The summed E-state index contributed by atoms with van der Waals surface area (Å²) in [6, 6.07) is 1.87. The zero-order valence-corrected chi connectivity index (χ0v) is 10.4. The molecule has 1 aliphatic rings. The minimum absolute atomic E-state index is 0. The normalized spacial score (nSPS) is 18.6. The van der Waals surface area contributed by atoms with Gasteiger partial charge in [-0.15, -0.1) is 12.4 Å². The van der Waals surface area contributed by atoms with Gasteiger partial charge in [-0.1, -0.05) is 0 Å². The molecule has 1 fully saturated rings. The highest BCUT2D eigenvalue weighted by atomic mass is 35.5. The number of nitrogens with one attached hydrogen (secondary N) is 1. The van der Waals surface area contributed by atoms with Crippen molar-refractivity contribution in [2.24, 2.45) is 5.73 Å². The van der Waals surface area contributed by atoms with E-state index in [1.807, 2.05) is 16.8 Å². The molecule has 1 saturated heterocycles. The number of carbonyl (C=O) groups is 1. The number of hydrogen-bond acceptors (Lipinski definition) is 4. The summed E-state index contributed by atoms with van der Waals surface area (Å²) in [5, 5.41) is 6.63. The Labute approximate surface area is 105 Å². The summed E-state index contributed by atoms with van der Waals surface area (Å²) in [5.74, 6) is -0.107. The maximum absolute atomic E-state index is 11.9. The van der Waals surface area contributed by atoms with Crippen LogP contribution in [-0.4, -0.2) is 24.7 Å². The fraction of sp³-hybridized carbons (Fsp3) is 0.500. The third kappa shape index (κ3) is 2.95. The first-order valence-corrected chi connectivity index (χ1v) is 5.85. The number of halogens is 1. The van der Waals surface area contributed by atoms with Gasteiger partial charge in [-0.2, -0.15) is 11.3 Å². The maximum Gasteiger partial charge on any atom is 0.244 e. The second kappa shape index (κ2) is 5.63. The van der Waals surface area contributed by atoms with Gasteiger partial charge in [0.1, 0.15) is 5.54 Å². The minimum Gasteiger partial charge on any atom is -0.381 e. The first kappa shape index (κ1) is 13.4. The fourth-order valence-electron chi connectivity index (χ4n) is 1.55. The van der Waals surface area contributed by atoms with Gasteiger partial charge in [0.05, 0.1) is 5.69 Å². The van der Waals surface area contributed by atoms with E-state index in [2.05, 4.69) is 5.32 Å². The number of ether oxygens (including phenoxy) is 1. The number of rotatable bonds is 2. The first-order valence-electron chi connectivity index (χ1n) is 4.91. The van der Waals surface area contributed by atoms with E-state index in [0.29, 0.717) is 26.1 Å². The molecule has 90 valence electrons. The van der Waals surface area contributed by atoms with Crippen LogP contribution in [0.1, 0.15) is 12.8 Å². The Morgan fingerprint density at radius 2 is 2.19 bits per heavy atom. The molecule has 0 aliphatic carbocycles. The van der Waals surface area contributed by atoms with E-state index in [1.54, 1.807) is 11.3 Å². The molecule has 1 aromatic heterocycles. The maximum atomic E-state index is 11.9. The number of carbonyl (C=O) groups excluding carboxylic acids is 1. The molecule has 16 heavy (non-hydrogen) atoms. The highest BCUT2D eigenvalue weighted by Gasteiger charge is 2.35. The van der Waals surface area contributed by atoms with Crippen molar-refractivity contribution in [3.05, 3.63) is 16.8 Å². The van der Waals surface area contributed by atoms with Crippen LogP contribution in [-0.2, 0) is 9.53 Å². The topological polar surface area (TPSA) is 64.4 Å². The van der Waals surface area contributed by atoms with Crippen LogP contribution in [0.2, 0.25) is 0 Å². The van der Waals surface area contributed by atoms with E-state index in [-0.39, 0.29) is 18.3 Å². The predicted octanol–water partition coefficient (Wildman–Crippen LogP) is 1.62. The zero-order chi connectivity index (χ0) is 10.7. The Morgan fingerprint density at radius 1 is 1.50 bits per heavy atom. The van der Waals surface area contributed by atoms with Gasteiger partial charge >= 0.3 is 0 Å². The third-order valence-corrected chi connectivity index (χ3v) is 3.30. The molecular weight excluding hydrogens is 248 g/mol. The SMILES string of the molecule is Cl.NC1(C(=O)Nc2ccsc2)CCOCC1. The zero-order valence-electron chi connectivity index (χ0n) is 8.77. The Morgan fingerprint density at radius 3 is 2.75 bits per heavy atom. The fourth-order valence-corrected chi connectivity index (χ4v) is 2.14. The molecule has 3 N–H and O–H groups in total. The average Bonchev–Trinajstić information content (AvgIpc) is 2.71. The Balaban J connectivity index is 0.00000128. The molecule has 2 rings (SSSR count). The lowest BCUT2D eigenvalue weighted by molar-refractivity contribution is -0.124. The van der Waals surface area contributed by atoms with Crippen LogP contribution < -0.4 is 11.1 Å². The number of hydrogen-bond donors (Lipinski definition) is 2. The minimum atomic E-state index is -0.764. The van der Waals surface area contributed by atoms with Crippen molar-refractivity contribution in [1.82, 2.24) is 0 Å². The summed E-state index contributed by atoms with van der Waals surface area (Å²) in [6.07, 6.45) is 1.17. The standard InChI is InChI=1S/C10H14N2O2S.ClH/c11-10(2-4-14-5-3-10)9(13)12-8-1-6-15-7-8;/h1,6-7H,2-5,11H2,(H,12,13);1H. The smallest absolute Gasteiger partial charge is 0.244 e. The summed E-state index contributed by atoms with van der Waals surface area (Å²) in [7, 11) is 0. The van der Waals surface area contributed by atoms with Crippen LogP contribution in [0.25, 0.3) is 0 Å². The second-order valence-electron chi connectivity index (χ2n) is 3.73. The van der Waals surface area contributed by atoms with E-state index >= 15 is 0 Å². The molecule has 4 nitrogen and oxygen atoms in total. The van der Waals surface area contributed by atoms with Gasteiger partial charge in [0, 0.05) is 18.6 Å². The molecule has 2 heterocycles. The molecule has 0 aromatic carbocycles. The second-order valence-corrected chi connectivity index (χ2v) is 4.51. The quantitative estimate of drug-likeness (QED) is 0.851. The number of anilines is 1. The summed E-state index contributed by atoms with van der Waals surface area (Å²) in [6.45, 7) is 1.13. The monoisotopic (exact) mass is 262 g/mol. The Kier molecular flexibility index (Phi) is 4.73. The lowest BCUT2D eigenvalue weighted by Gasteiger charge is -2.31. The van der Waals surface area contributed by atoms with Gasteiger partial charge in [0.15, 0.2) is 0 Å². The van der Waals surface area contributed by atoms with E-state index in [0.717, 1.165) is 5.69 Å². The average molecular weight is 263 g/mol. The van der Waals surface area contributed by atoms with Crippen LogP contribution in [0.15, 0.2) is 16.8 Å². The number of amides is 1. The molecule has 0 spiro atoms. The van der Waals surface area contributed by atoms with Crippen LogP contribution in [0, 0.1) is 0 Å². The van der Waals surface area contributed by atoms with Gasteiger partial charge in [-0.25, -0.2) is 0 Å². The Bertz CT molecular complexity index is 337. The van der Waals surface area contributed by atoms with Gasteiger partial charge in [0.25, 0.3) is 0 Å². The highest BCUT2D eigenvalue weighted by molar-refractivity contribution is 7.08. The number of thiophene rings is 1. The molecule has 0 bridgehead atoms. The van der Waals surface area contributed by atoms with Crippen LogP contribution in [0.5, 0.6) is 0 Å². The van der Waals surface area contributed by atoms with Gasteiger partial charge in [-0.05, 0) is 24.3 Å². The van der Waals surface area contributed by atoms with E-state index in [4.69, 9.17) is 10.5 Å². The van der Waals surface area contributed by atoms with Crippen LogP contribution >= 0.6 is 23.7 Å². The van der Waals surface area contributed by atoms with E-state index in [1.165, 1.54) is 0 Å². The van der Waals surface area contributed by atoms with Gasteiger partial charge in [-0.3, -0.25) is 4.79 Å². The molecule has 0 radical (unpaired) electrons. The molecule has 6 heteroatoms. The molecule has 0 unspecified atom stereocenters. The summed E-state index contributed by atoms with van der Waals surface area (Å²) in [4.78, 5) is 11.9. The van der Waals surface area contributed by atoms with Crippen molar-refractivity contribution < 1.29 is 9.53 Å². The van der Waals surface area contributed by atoms with Crippen LogP contribution in [0.4, 0.5) is 5.69 Å². The summed E-state index contributed by atoms with van der Waals surface area (Å²) < 4.78 is 5.19. The first-order chi connectivity index (χ1) is 7.21. The summed E-state index contributed by atoms with van der Waals surface area (Å²) >= 11 is 1.55. The van der Waals surface area contributed by atoms with Crippen molar-refractivity contribution in [2.75, 3.05) is 18.5 Å². The lowest BCUT2D eigenvalue weighted by Crippen LogP contribution is -2.54. The molecular formula is C10H15ClN2O2S. The molecule has 0 saturated carbocycles. The van der Waals surface area contributed by atoms with Crippen molar-refractivity contribution in [3.8, 4) is 0 Å². The molecule has 0 atom stereocenters. The largest absolute Gasteiger partial charge is 0.381 e. The van der Waals surface area contributed by atoms with Crippen molar-refractivity contribution in [3.63, 3.8) is 0 Å². The van der Waals surface area contributed by atoms with Gasteiger partial charge in [0.2, 0.25) is 5.91 Å². The molecule has 1 amide bonds.